The van der Waals surface area contributed by atoms with Gasteiger partial charge in [0.05, 0.1) is 0 Å². The highest BCUT2D eigenvalue weighted by Gasteiger charge is 2.11. The Bertz CT molecular complexity index is 566. The first-order valence-corrected chi connectivity index (χ1v) is 7.61. The van der Waals surface area contributed by atoms with Crippen molar-refractivity contribution in [2.45, 2.75) is 26.8 Å². The van der Waals surface area contributed by atoms with Crippen molar-refractivity contribution in [3.05, 3.63) is 52.1 Å². The van der Waals surface area contributed by atoms with E-state index < -0.39 is 0 Å². The molecular weight excluding hydrogens is 314 g/mol. The van der Waals surface area contributed by atoms with Gasteiger partial charge in [0, 0.05) is 29.4 Å². The molecule has 0 bridgehead atoms. The van der Waals surface area contributed by atoms with E-state index >= 15 is 0 Å². The van der Waals surface area contributed by atoms with Crippen molar-refractivity contribution in [3.8, 4) is 0 Å². The van der Waals surface area contributed by atoms with Gasteiger partial charge in [0.15, 0.2) is 0 Å². The van der Waals surface area contributed by atoms with Crippen LogP contribution in [0.3, 0.4) is 0 Å². The molecule has 2 aromatic rings. The lowest BCUT2D eigenvalue weighted by molar-refractivity contribution is 0.751. The number of nitrogens with two attached hydrogens (primary N) is 1. The first-order valence-electron chi connectivity index (χ1n) is 6.81. The molecule has 20 heavy (non-hydrogen) atoms. The number of halogens is 1. The maximum Gasteiger partial charge on any atom is 0.131 e. The Morgan fingerprint density at radius 1 is 1.25 bits per heavy atom. The number of benzene rings is 1. The summed E-state index contributed by atoms with van der Waals surface area (Å²) in [5.74, 6) is 1.05. The van der Waals surface area contributed by atoms with E-state index in [-0.39, 0.29) is 0 Å². The molecule has 0 saturated heterocycles. The van der Waals surface area contributed by atoms with Gasteiger partial charge in [-0.3, -0.25) is 0 Å². The Labute approximate surface area is 129 Å². The van der Waals surface area contributed by atoms with Crippen LogP contribution in [0.15, 0.2) is 41.0 Å². The number of nitrogen functional groups attached to an aromatic ring is 1. The van der Waals surface area contributed by atoms with E-state index in [0.29, 0.717) is 0 Å². The highest BCUT2D eigenvalue weighted by molar-refractivity contribution is 9.10. The molecule has 0 aliphatic rings. The van der Waals surface area contributed by atoms with Crippen molar-refractivity contribution in [2.75, 3.05) is 17.2 Å². The Hall–Kier alpha value is -1.55. The van der Waals surface area contributed by atoms with Crippen molar-refractivity contribution in [2.24, 2.45) is 0 Å². The van der Waals surface area contributed by atoms with Crippen LogP contribution in [0, 0.1) is 6.92 Å². The fourth-order valence-corrected chi connectivity index (χ4v) is 2.68. The SMILES string of the molecule is CCCN(Cc1ccc(N)cc1)c1ncc(Br)cc1C. The maximum absolute atomic E-state index is 5.74. The summed E-state index contributed by atoms with van der Waals surface area (Å²) in [7, 11) is 0. The van der Waals surface area contributed by atoms with Crippen LogP contribution in [0.1, 0.15) is 24.5 Å². The average molecular weight is 334 g/mol. The van der Waals surface area contributed by atoms with Crippen molar-refractivity contribution in [1.29, 1.82) is 0 Å². The summed E-state index contributed by atoms with van der Waals surface area (Å²) >= 11 is 3.46. The summed E-state index contributed by atoms with van der Waals surface area (Å²) in [6.07, 6.45) is 2.94. The number of hydrogen-bond acceptors (Lipinski definition) is 3. The number of anilines is 2. The second-order valence-electron chi connectivity index (χ2n) is 4.96. The third kappa shape index (κ3) is 3.73. The molecule has 0 atom stereocenters. The molecule has 2 rings (SSSR count). The largest absolute Gasteiger partial charge is 0.399 e. The van der Waals surface area contributed by atoms with Gasteiger partial charge in [0.1, 0.15) is 5.82 Å². The van der Waals surface area contributed by atoms with Crippen LogP contribution in [0.2, 0.25) is 0 Å². The van der Waals surface area contributed by atoms with E-state index in [9.17, 15) is 0 Å². The Morgan fingerprint density at radius 3 is 2.55 bits per heavy atom. The number of aromatic nitrogens is 1. The van der Waals surface area contributed by atoms with E-state index in [1.54, 1.807) is 0 Å². The maximum atomic E-state index is 5.74. The minimum Gasteiger partial charge on any atom is -0.399 e. The van der Waals surface area contributed by atoms with Crippen LogP contribution < -0.4 is 10.6 Å². The lowest BCUT2D eigenvalue weighted by Gasteiger charge is -2.25. The topological polar surface area (TPSA) is 42.1 Å². The molecule has 0 spiro atoms. The van der Waals surface area contributed by atoms with Crippen LogP contribution in [0.5, 0.6) is 0 Å². The van der Waals surface area contributed by atoms with E-state index in [4.69, 9.17) is 5.73 Å². The monoisotopic (exact) mass is 333 g/mol. The Kier molecular flexibility index (Phi) is 5.01. The Balaban J connectivity index is 2.24. The van der Waals surface area contributed by atoms with E-state index in [0.717, 1.165) is 35.5 Å². The molecule has 1 aromatic carbocycles. The molecular formula is C16H20BrN3. The van der Waals surface area contributed by atoms with E-state index in [2.05, 4.69) is 57.9 Å². The van der Waals surface area contributed by atoms with Gasteiger partial charge in [-0.05, 0) is 58.6 Å². The molecule has 0 unspecified atom stereocenters. The normalized spacial score (nSPS) is 10.6. The van der Waals surface area contributed by atoms with Gasteiger partial charge in [-0.25, -0.2) is 4.98 Å². The van der Waals surface area contributed by atoms with Crippen molar-refractivity contribution in [3.63, 3.8) is 0 Å². The molecule has 1 aromatic heterocycles. The third-order valence-electron chi connectivity index (χ3n) is 3.16. The third-order valence-corrected chi connectivity index (χ3v) is 3.60. The molecule has 0 amide bonds. The van der Waals surface area contributed by atoms with Crippen LogP contribution in [-0.2, 0) is 6.54 Å². The predicted molar refractivity (Wildman–Crippen MR) is 88.9 cm³/mol. The van der Waals surface area contributed by atoms with Crippen molar-refractivity contribution >= 4 is 27.4 Å². The number of aryl methyl sites for hydroxylation is 1. The van der Waals surface area contributed by atoms with Crippen LogP contribution in [-0.4, -0.2) is 11.5 Å². The molecule has 2 N–H and O–H groups in total. The fraction of sp³-hybridized carbons (Fsp3) is 0.312. The first-order chi connectivity index (χ1) is 9.60. The zero-order chi connectivity index (χ0) is 14.5. The molecule has 0 fully saturated rings. The molecule has 0 aliphatic heterocycles. The highest BCUT2D eigenvalue weighted by atomic mass is 79.9. The minimum absolute atomic E-state index is 0.800. The van der Waals surface area contributed by atoms with Crippen LogP contribution in [0.25, 0.3) is 0 Å². The standard InChI is InChI=1S/C16H20BrN3/c1-3-8-20(11-13-4-6-15(18)7-5-13)16-12(2)9-14(17)10-19-16/h4-7,9-10H,3,8,11,18H2,1-2H3. The zero-order valence-corrected chi connectivity index (χ0v) is 13.5. The molecule has 0 radical (unpaired) electrons. The predicted octanol–water partition coefficient (Wildman–Crippen LogP) is 4.15. The minimum atomic E-state index is 0.800. The van der Waals surface area contributed by atoms with Crippen LogP contribution in [0.4, 0.5) is 11.5 Å². The summed E-state index contributed by atoms with van der Waals surface area (Å²) in [6, 6.07) is 10.1. The summed E-state index contributed by atoms with van der Waals surface area (Å²) in [6.45, 7) is 6.12. The van der Waals surface area contributed by atoms with Gasteiger partial charge in [-0.1, -0.05) is 19.1 Å². The van der Waals surface area contributed by atoms with Crippen molar-refractivity contribution in [1.82, 2.24) is 4.98 Å². The average Bonchev–Trinajstić information content (AvgIpc) is 2.41. The molecule has 0 saturated carbocycles. The summed E-state index contributed by atoms with van der Waals surface area (Å²) < 4.78 is 1.02. The fourth-order valence-electron chi connectivity index (χ4n) is 2.24. The quantitative estimate of drug-likeness (QED) is 0.835. The second-order valence-corrected chi connectivity index (χ2v) is 5.87. The van der Waals surface area contributed by atoms with Gasteiger partial charge in [-0.2, -0.15) is 0 Å². The number of hydrogen-bond donors (Lipinski definition) is 1. The highest BCUT2D eigenvalue weighted by Crippen LogP contribution is 2.23. The van der Waals surface area contributed by atoms with E-state index in [1.165, 1.54) is 11.1 Å². The molecule has 0 aliphatic carbocycles. The summed E-state index contributed by atoms with van der Waals surface area (Å²) in [5.41, 5.74) is 8.97. The van der Waals surface area contributed by atoms with Gasteiger partial charge in [-0.15, -0.1) is 0 Å². The van der Waals surface area contributed by atoms with E-state index in [1.807, 2.05) is 18.3 Å². The van der Waals surface area contributed by atoms with Crippen molar-refractivity contribution < 1.29 is 0 Å². The zero-order valence-electron chi connectivity index (χ0n) is 11.9. The van der Waals surface area contributed by atoms with Gasteiger partial charge >= 0.3 is 0 Å². The molecule has 1 heterocycles. The lowest BCUT2D eigenvalue weighted by atomic mass is 10.1. The van der Waals surface area contributed by atoms with Crippen LogP contribution >= 0.6 is 15.9 Å². The Morgan fingerprint density at radius 2 is 1.95 bits per heavy atom. The summed E-state index contributed by atoms with van der Waals surface area (Å²) in [4.78, 5) is 6.88. The second kappa shape index (κ2) is 6.75. The smallest absolute Gasteiger partial charge is 0.131 e. The molecule has 106 valence electrons. The number of nitrogens with zero attached hydrogens (tertiary/aromatic N) is 2. The lowest BCUT2D eigenvalue weighted by Crippen LogP contribution is -2.25. The first kappa shape index (κ1) is 14.9. The summed E-state index contributed by atoms with van der Waals surface area (Å²) in [5, 5.41) is 0. The van der Waals surface area contributed by atoms with Gasteiger partial charge < -0.3 is 10.6 Å². The molecule has 4 heteroatoms. The van der Waals surface area contributed by atoms with Gasteiger partial charge in [0.2, 0.25) is 0 Å². The van der Waals surface area contributed by atoms with Gasteiger partial charge in [0.25, 0.3) is 0 Å². The molecule has 3 nitrogen and oxygen atoms in total. The number of pyridine rings is 1. The number of rotatable bonds is 5.